The summed E-state index contributed by atoms with van der Waals surface area (Å²) in [5.74, 6) is 0.664. The van der Waals surface area contributed by atoms with Crippen LogP contribution >= 0.6 is 0 Å². The number of anilines is 1. The third-order valence-electron chi connectivity index (χ3n) is 2.32. The number of rotatable bonds is 6. The zero-order valence-corrected chi connectivity index (χ0v) is 9.88. The average Bonchev–Trinajstić information content (AvgIpc) is 2.29. The second-order valence-corrected chi connectivity index (χ2v) is 3.52. The molecule has 1 rings (SSSR count). The van der Waals surface area contributed by atoms with Crippen LogP contribution < -0.4 is 5.32 Å². The van der Waals surface area contributed by atoms with Gasteiger partial charge in [-0.25, -0.2) is 4.98 Å². The Balaban J connectivity index is 2.66. The van der Waals surface area contributed by atoms with Gasteiger partial charge in [0.2, 0.25) is 5.95 Å². The molecule has 4 nitrogen and oxygen atoms in total. The lowest BCUT2D eigenvalue weighted by atomic mass is 10.2. The Hall–Kier alpha value is -1.19. The van der Waals surface area contributed by atoms with Gasteiger partial charge in [-0.2, -0.15) is 5.10 Å². The number of hydrogen-bond donors (Lipinski definition) is 1. The van der Waals surface area contributed by atoms with Gasteiger partial charge in [0.25, 0.3) is 0 Å². The fourth-order valence-corrected chi connectivity index (χ4v) is 1.39. The van der Waals surface area contributed by atoms with Crippen molar-refractivity contribution >= 4 is 5.95 Å². The van der Waals surface area contributed by atoms with Crippen LogP contribution in [-0.4, -0.2) is 21.7 Å². The van der Waals surface area contributed by atoms with Crippen LogP contribution in [0.25, 0.3) is 0 Å². The summed E-state index contributed by atoms with van der Waals surface area (Å²) < 4.78 is 0. The first-order valence-corrected chi connectivity index (χ1v) is 5.78. The molecule has 0 spiro atoms. The van der Waals surface area contributed by atoms with E-state index in [1.165, 1.54) is 6.42 Å². The van der Waals surface area contributed by atoms with Crippen LogP contribution in [0.2, 0.25) is 0 Å². The minimum Gasteiger partial charge on any atom is -0.353 e. The molecule has 0 aromatic carbocycles. The summed E-state index contributed by atoms with van der Waals surface area (Å²) in [7, 11) is 0. The van der Waals surface area contributed by atoms with Crippen LogP contribution in [0.1, 0.15) is 45.0 Å². The van der Waals surface area contributed by atoms with E-state index in [1.807, 2.05) is 0 Å². The Labute approximate surface area is 91.5 Å². The molecule has 0 aliphatic heterocycles. The van der Waals surface area contributed by atoms with Crippen molar-refractivity contribution < 1.29 is 0 Å². The number of aromatic nitrogens is 3. The Bertz CT molecular complexity index is 299. The molecule has 0 bridgehead atoms. The Morgan fingerprint density at radius 2 is 1.73 bits per heavy atom. The zero-order valence-electron chi connectivity index (χ0n) is 9.88. The highest BCUT2D eigenvalue weighted by Crippen LogP contribution is 2.06. The quantitative estimate of drug-likeness (QED) is 0.728. The molecule has 1 aromatic rings. The summed E-state index contributed by atoms with van der Waals surface area (Å²) in [4.78, 5) is 4.45. The summed E-state index contributed by atoms with van der Waals surface area (Å²) in [5.41, 5.74) is 2.07. The fraction of sp³-hybridized carbons (Fsp3) is 0.727. The van der Waals surface area contributed by atoms with E-state index >= 15 is 0 Å². The molecule has 0 atom stereocenters. The van der Waals surface area contributed by atoms with Gasteiger partial charge in [0, 0.05) is 6.54 Å². The summed E-state index contributed by atoms with van der Waals surface area (Å²) >= 11 is 0. The molecule has 0 aliphatic carbocycles. The molecule has 15 heavy (non-hydrogen) atoms. The van der Waals surface area contributed by atoms with E-state index in [1.54, 1.807) is 0 Å². The predicted molar refractivity (Wildman–Crippen MR) is 62.0 cm³/mol. The highest BCUT2D eigenvalue weighted by atomic mass is 15.2. The van der Waals surface area contributed by atoms with E-state index in [0.29, 0.717) is 5.95 Å². The van der Waals surface area contributed by atoms with Crippen molar-refractivity contribution in [1.82, 2.24) is 15.2 Å². The van der Waals surface area contributed by atoms with Crippen molar-refractivity contribution in [2.75, 3.05) is 11.9 Å². The molecule has 0 saturated heterocycles. The summed E-state index contributed by atoms with van der Waals surface area (Å²) in [6.07, 6.45) is 4.13. The molecule has 0 fully saturated rings. The molecule has 4 heteroatoms. The second kappa shape index (κ2) is 6.32. The topological polar surface area (TPSA) is 50.7 Å². The van der Waals surface area contributed by atoms with Crippen molar-refractivity contribution in [2.24, 2.45) is 0 Å². The monoisotopic (exact) mass is 208 g/mol. The van der Waals surface area contributed by atoms with Gasteiger partial charge in [-0.3, -0.25) is 0 Å². The Kier molecular flexibility index (Phi) is 5.01. The largest absolute Gasteiger partial charge is 0.353 e. The summed E-state index contributed by atoms with van der Waals surface area (Å²) in [6.45, 7) is 7.26. The van der Waals surface area contributed by atoms with Gasteiger partial charge < -0.3 is 5.32 Å². The minimum absolute atomic E-state index is 0.664. The van der Waals surface area contributed by atoms with Gasteiger partial charge in [0.1, 0.15) is 0 Å². The molecule has 1 heterocycles. The van der Waals surface area contributed by atoms with E-state index in [4.69, 9.17) is 0 Å². The molecule has 0 radical (unpaired) electrons. The van der Waals surface area contributed by atoms with Crippen LogP contribution in [-0.2, 0) is 12.8 Å². The van der Waals surface area contributed by atoms with Gasteiger partial charge in [0.05, 0.1) is 11.4 Å². The van der Waals surface area contributed by atoms with Gasteiger partial charge in [-0.15, -0.1) is 5.10 Å². The van der Waals surface area contributed by atoms with Crippen LogP contribution in [0, 0.1) is 0 Å². The van der Waals surface area contributed by atoms with E-state index in [2.05, 4.69) is 41.3 Å². The van der Waals surface area contributed by atoms with Crippen molar-refractivity contribution in [3.05, 3.63) is 11.4 Å². The lowest BCUT2D eigenvalue weighted by Gasteiger charge is -2.06. The molecule has 1 aromatic heterocycles. The van der Waals surface area contributed by atoms with Gasteiger partial charge in [0.15, 0.2) is 0 Å². The van der Waals surface area contributed by atoms with Crippen molar-refractivity contribution in [3.8, 4) is 0 Å². The maximum absolute atomic E-state index is 4.45. The lowest BCUT2D eigenvalue weighted by molar-refractivity contribution is 0.792. The van der Waals surface area contributed by atoms with Crippen molar-refractivity contribution in [2.45, 2.75) is 46.5 Å². The van der Waals surface area contributed by atoms with Gasteiger partial charge in [-0.1, -0.05) is 27.2 Å². The summed E-state index contributed by atoms with van der Waals surface area (Å²) in [6, 6.07) is 0. The van der Waals surface area contributed by atoms with E-state index in [0.717, 1.165) is 37.2 Å². The first-order valence-electron chi connectivity index (χ1n) is 5.78. The highest BCUT2D eigenvalue weighted by molar-refractivity contribution is 5.25. The maximum atomic E-state index is 4.45. The number of unbranched alkanes of at least 4 members (excludes halogenated alkanes) is 1. The number of hydrogen-bond acceptors (Lipinski definition) is 4. The highest BCUT2D eigenvalue weighted by Gasteiger charge is 2.04. The van der Waals surface area contributed by atoms with E-state index in [-0.39, 0.29) is 0 Å². The van der Waals surface area contributed by atoms with E-state index in [9.17, 15) is 0 Å². The minimum atomic E-state index is 0.664. The molecule has 84 valence electrons. The molecule has 1 N–H and O–H groups in total. The number of aryl methyl sites for hydroxylation is 2. The first-order chi connectivity index (χ1) is 7.31. The number of nitrogens with zero attached hydrogens (tertiary/aromatic N) is 3. The third-order valence-corrected chi connectivity index (χ3v) is 2.32. The second-order valence-electron chi connectivity index (χ2n) is 3.52. The Morgan fingerprint density at radius 1 is 1.00 bits per heavy atom. The number of nitrogens with one attached hydrogen (secondary N) is 1. The predicted octanol–water partition coefficient (Wildman–Crippen LogP) is 2.21. The maximum Gasteiger partial charge on any atom is 0.242 e. The lowest BCUT2D eigenvalue weighted by Crippen LogP contribution is -2.10. The van der Waals surface area contributed by atoms with Crippen LogP contribution in [0.4, 0.5) is 5.95 Å². The molecule has 0 aliphatic rings. The smallest absolute Gasteiger partial charge is 0.242 e. The van der Waals surface area contributed by atoms with Crippen LogP contribution in [0.15, 0.2) is 0 Å². The molecular weight excluding hydrogens is 188 g/mol. The first kappa shape index (κ1) is 11.9. The Morgan fingerprint density at radius 3 is 2.33 bits per heavy atom. The average molecular weight is 208 g/mol. The zero-order chi connectivity index (χ0) is 11.1. The van der Waals surface area contributed by atoms with Gasteiger partial charge >= 0.3 is 0 Å². The van der Waals surface area contributed by atoms with Crippen molar-refractivity contribution in [1.29, 1.82) is 0 Å². The SMILES string of the molecule is CCCCNc1nnc(CC)c(CC)n1. The van der Waals surface area contributed by atoms with Crippen LogP contribution in [0.5, 0.6) is 0 Å². The fourth-order valence-electron chi connectivity index (χ4n) is 1.39. The van der Waals surface area contributed by atoms with Crippen molar-refractivity contribution in [3.63, 3.8) is 0 Å². The van der Waals surface area contributed by atoms with Crippen LogP contribution in [0.3, 0.4) is 0 Å². The third kappa shape index (κ3) is 3.46. The normalized spacial score (nSPS) is 10.3. The molecular formula is C11H20N4. The standard InChI is InChI=1S/C11H20N4/c1-4-7-8-12-11-13-9(5-2)10(6-3)14-15-11/h4-8H2,1-3H3,(H,12,13,15). The molecule has 0 amide bonds. The van der Waals surface area contributed by atoms with E-state index < -0.39 is 0 Å². The molecule has 0 saturated carbocycles. The summed E-state index contributed by atoms with van der Waals surface area (Å²) in [5, 5.41) is 11.4. The van der Waals surface area contributed by atoms with Gasteiger partial charge in [-0.05, 0) is 19.3 Å². The molecule has 0 unspecified atom stereocenters.